The summed E-state index contributed by atoms with van der Waals surface area (Å²) in [6, 6.07) is 3.19. The molecular weight excluding hydrogens is 314 g/mol. The maximum absolute atomic E-state index is 10.5. The van der Waals surface area contributed by atoms with Crippen molar-refractivity contribution in [2.24, 2.45) is 5.73 Å². The third kappa shape index (κ3) is 4.01. The minimum absolute atomic E-state index is 0.144. The van der Waals surface area contributed by atoms with Crippen molar-refractivity contribution >= 4 is 17.7 Å². The summed E-state index contributed by atoms with van der Waals surface area (Å²) in [7, 11) is 1.50. The van der Waals surface area contributed by atoms with Crippen molar-refractivity contribution in [2.45, 2.75) is 6.42 Å². The normalized spacial score (nSPS) is 10.3. The van der Waals surface area contributed by atoms with Crippen LogP contribution in [-0.4, -0.2) is 36.6 Å². The molecule has 0 aromatic carbocycles. The van der Waals surface area contributed by atoms with E-state index in [1.54, 1.807) is 12.1 Å². The topological polar surface area (TPSA) is 110 Å². The van der Waals surface area contributed by atoms with Gasteiger partial charge < -0.3 is 24.5 Å². The lowest BCUT2D eigenvalue weighted by Gasteiger charge is -2.12. The monoisotopic (exact) mass is 327 g/mol. The van der Waals surface area contributed by atoms with Gasteiger partial charge in [0.05, 0.1) is 26.5 Å². The maximum atomic E-state index is 10.5. The van der Waals surface area contributed by atoms with Crippen molar-refractivity contribution in [2.75, 3.05) is 20.3 Å². The second kappa shape index (κ2) is 7.51. The number of primary amides is 1. The lowest BCUT2D eigenvalue weighted by atomic mass is 10.2. The first-order valence-electron chi connectivity index (χ1n) is 6.32. The summed E-state index contributed by atoms with van der Waals surface area (Å²) < 4.78 is 20.6. The molecule has 9 heteroatoms. The fourth-order valence-corrected chi connectivity index (χ4v) is 1.88. The van der Waals surface area contributed by atoms with Crippen molar-refractivity contribution < 1.29 is 23.5 Å². The average molecular weight is 328 g/mol. The van der Waals surface area contributed by atoms with E-state index in [9.17, 15) is 4.79 Å². The third-order valence-electron chi connectivity index (χ3n) is 2.59. The molecule has 0 aliphatic heterocycles. The number of carbonyl (C=O) groups is 1. The van der Waals surface area contributed by atoms with Crippen LogP contribution >= 0.6 is 11.6 Å². The van der Waals surface area contributed by atoms with Crippen LogP contribution < -0.4 is 15.2 Å². The fraction of sp³-hybridized carbons (Fsp3) is 0.308. The SMILES string of the molecule is COc1cc(Cl)nc(OCCCOC(N)=O)c1-c1ccno1. The fourth-order valence-electron chi connectivity index (χ4n) is 1.71. The Labute approximate surface area is 131 Å². The van der Waals surface area contributed by atoms with Gasteiger partial charge in [0.15, 0.2) is 5.76 Å². The Hall–Kier alpha value is -2.48. The molecule has 22 heavy (non-hydrogen) atoms. The third-order valence-corrected chi connectivity index (χ3v) is 2.79. The number of amides is 1. The predicted molar refractivity (Wildman–Crippen MR) is 76.9 cm³/mol. The number of rotatable bonds is 7. The Morgan fingerprint density at radius 2 is 2.27 bits per heavy atom. The zero-order valence-electron chi connectivity index (χ0n) is 11.7. The van der Waals surface area contributed by atoms with Gasteiger partial charge in [-0.2, -0.15) is 0 Å². The highest BCUT2D eigenvalue weighted by Crippen LogP contribution is 2.38. The van der Waals surface area contributed by atoms with Gasteiger partial charge in [-0.15, -0.1) is 0 Å². The predicted octanol–water partition coefficient (Wildman–Crippen LogP) is 2.26. The van der Waals surface area contributed by atoms with E-state index >= 15 is 0 Å². The van der Waals surface area contributed by atoms with Crippen LogP contribution in [0.4, 0.5) is 4.79 Å². The molecule has 0 saturated carbocycles. The molecule has 2 aromatic rings. The number of pyridine rings is 1. The van der Waals surface area contributed by atoms with Crippen LogP contribution in [0.2, 0.25) is 5.15 Å². The number of hydrogen-bond acceptors (Lipinski definition) is 7. The summed E-state index contributed by atoms with van der Waals surface area (Å²) in [5.41, 5.74) is 5.36. The highest BCUT2D eigenvalue weighted by Gasteiger charge is 2.19. The van der Waals surface area contributed by atoms with Gasteiger partial charge in [0.25, 0.3) is 0 Å². The molecule has 1 amide bonds. The van der Waals surface area contributed by atoms with Crippen LogP contribution in [0.15, 0.2) is 22.9 Å². The van der Waals surface area contributed by atoms with Crippen LogP contribution in [0, 0.1) is 0 Å². The number of halogens is 1. The number of nitrogens with two attached hydrogens (primary N) is 1. The van der Waals surface area contributed by atoms with Crippen LogP contribution in [0.25, 0.3) is 11.3 Å². The number of nitrogens with zero attached hydrogens (tertiary/aromatic N) is 2. The van der Waals surface area contributed by atoms with Crippen molar-refractivity contribution in [3.63, 3.8) is 0 Å². The van der Waals surface area contributed by atoms with Crippen molar-refractivity contribution in [3.05, 3.63) is 23.5 Å². The first-order valence-corrected chi connectivity index (χ1v) is 6.70. The Balaban J connectivity index is 2.15. The van der Waals surface area contributed by atoms with E-state index in [0.717, 1.165) is 0 Å². The van der Waals surface area contributed by atoms with E-state index in [1.807, 2.05) is 0 Å². The van der Waals surface area contributed by atoms with Gasteiger partial charge in [0.2, 0.25) is 5.88 Å². The lowest BCUT2D eigenvalue weighted by molar-refractivity contribution is 0.147. The molecule has 0 spiro atoms. The second-order valence-corrected chi connectivity index (χ2v) is 4.46. The molecule has 0 radical (unpaired) electrons. The highest BCUT2D eigenvalue weighted by molar-refractivity contribution is 6.29. The van der Waals surface area contributed by atoms with Crippen LogP contribution in [0.3, 0.4) is 0 Å². The minimum atomic E-state index is -0.829. The smallest absolute Gasteiger partial charge is 0.404 e. The molecule has 2 heterocycles. The molecule has 0 aliphatic carbocycles. The highest BCUT2D eigenvalue weighted by atomic mass is 35.5. The zero-order chi connectivity index (χ0) is 15.9. The van der Waals surface area contributed by atoms with E-state index in [0.29, 0.717) is 23.5 Å². The molecule has 2 aromatic heterocycles. The Morgan fingerprint density at radius 1 is 1.45 bits per heavy atom. The summed E-state index contributed by atoms with van der Waals surface area (Å²) in [4.78, 5) is 14.6. The van der Waals surface area contributed by atoms with Crippen LogP contribution in [-0.2, 0) is 4.74 Å². The quantitative estimate of drug-likeness (QED) is 0.613. The summed E-state index contributed by atoms with van der Waals surface area (Å²) >= 11 is 5.94. The number of ether oxygens (including phenoxy) is 3. The van der Waals surface area contributed by atoms with Gasteiger partial charge in [-0.1, -0.05) is 16.8 Å². The Kier molecular flexibility index (Phi) is 5.42. The zero-order valence-corrected chi connectivity index (χ0v) is 12.5. The first kappa shape index (κ1) is 15.9. The largest absolute Gasteiger partial charge is 0.496 e. The van der Waals surface area contributed by atoms with Crippen LogP contribution in [0.5, 0.6) is 11.6 Å². The van der Waals surface area contributed by atoms with Crippen molar-refractivity contribution in [1.29, 1.82) is 0 Å². The summed E-state index contributed by atoms with van der Waals surface area (Å²) in [5, 5.41) is 3.86. The van der Waals surface area contributed by atoms with Gasteiger partial charge in [-0.25, -0.2) is 9.78 Å². The molecule has 0 bridgehead atoms. The van der Waals surface area contributed by atoms with E-state index in [4.69, 9.17) is 31.3 Å². The lowest BCUT2D eigenvalue weighted by Crippen LogP contribution is -2.15. The maximum Gasteiger partial charge on any atom is 0.404 e. The van der Waals surface area contributed by atoms with Gasteiger partial charge >= 0.3 is 6.09 Å². The molecule has 0 saturated heterocycles. The molecular formula is C13H14ClN3O5. The molecule has 0 aliphatic rings. The molecule has 0 unspecified atom stereocenters. The molecule has 8 nitrogen and oxygen atoms in total. The van der Waals surface area contributed by atoms with E-state index in [-0.39, 0.29) is 24.2 Å². The Morgan fingerprint density at radius 3 is 2.91 bits per heavy atom. The van der Waals surface area contributed by atoms with Gasteiger partial charge in [0.1, 0.15) is 16.5 Å². The van der Waals surface area contributed by atoms with E-state index in [1.165, 1.54) is 13.3 Å². The summed E-state index contributed by atoms with van der Waals surface area (Å²) in [6.45, 7) is 0.385. The number of carbonyl (C=O) groups excluding carboxylic acids is 1. The molecule has 2 rings (SSSR count). The summed E-state index contributed by atoms with van der Waals surface area (Å²) in [5.74, 6) is 1.12. The van der Waals surface area contributed by atoms with Crippen LogP contribution in [0.1, 0.15) is 6.42 Å². The molecule has 0 fully saturated rings. The number of hydrogen-bond donors (Lipinski definition) is 1. The average Bonchev–Trinajstić information content (AvgIpc) is 2.99. The summed E-state index contributed by atoms with van der Waals surface area (Å²) in [6.07, 6.45) is 1.10. The number of methoxy groups -OCH3 is 1. The van der Waals surface area contributed by atoms with Crippen molar-refractivity contribution in [3.8, 4) is 23.0 Å². The van der Waals surface area contributed by atoms with Gasteiger partial charge in [-0.3, -0.25) is 0 Å². The molecule has 2 N–H and O–H groups in total. The first-order chi connectivity index (χ1) is 10.6. The van der Waals surface area contributed by atoms with E-state index < -0.39 is 6.09 Å². The van der Waals surface area contributed by atoms with E-state index in [2.05, 4.69) is 14.9 Å². The minimum Gasteiger partial charge on any atom is -0.496 e. The van der Waals surface area contributed by atoms with Gasteiger partial charge in [-0.05, 0) is 0 Å². The standard InChI is InChI=1S/C13H14ClN3O5/c1-19-9-7-10(14)17-12(11(9)8-3-4-16-22-8)20-5-2-6-21-13(15)18/h3-4,7H,2,5-6H2,1H3,(H2,15,18). The van der Waals surface area contributed by atoms with Crippen molar-refractivity contribution in [1.82, 2.24) is 10.1 Å². The number of aromatic nitrogens is 2. The molecule has 118 valence electrons. The van der Waals surface area contributed by atoms with Gasteiger partial charge in [0, 0.05) is 18.6 Å². The second-order valence-electron chi connectivity index (χ2n) is 4.07. The molecule has 0 atom stereocenters. The Bertz CT molecular complexity index is 633.